The molecule has 0 N–H and O–H groups in total. The molecule has 0 amide bonds. The molecule has 0 aromatic rings. The van der Waals surface area contributed by atoms with Crippen molar-refractivity contribution in [3.63, 3.8) is 0 Å². The van der Waals surface area contributed by atoms with Gasteiger partial charge in [-0.2, -0.15) is 0 Å². The standard InChI is InChI=1S/C32H63NO2/c1-6-8-10-12-13-14-15-16-17-18-19-20-21-22-24-26-28-34-29-32(33(4)5)30-35-31(3)27-25-23-11-9-7-2/h13-14,16-17,31-32H,6-12,15,18-30H2,1-5H3/b14-13-,17-16-/t31?,32-/m1/s1. The van der Waals surface area contributed by atoms with Crippen molar-refractivity contribution >= 4 is 0 Å². The lowest BCUT2D eigenvalue weighted by Crippen LogP contribution is -2.37. The van der Waals surface area contributed by atoms with E-state index in [0.29, 0.717) is 12.1 Å². The van der Waals surface area contributed by atoms with Gasteiger partial charge in [-0.1, -0.05) is 109 Å². The van der Waals surface area contributed by atoms with Crippen LogP contribution in [0.25, 0.3) is 0 Å². The van der Waals surface area contributed by atoms with Gasteiger partial charge in [-0.05, 0) is 66.0 Å². The van der Waals surface area contributed by atoms with Crippen LogP contribution in [0, 0.1) is 0 Å². The molecule has 35 heavy (non-hydrogen) atoms. The van der Waals surface area contributed by atoms with E-state index < -0.39 is 0 Å². The Bertz CT molecular complexity index is 460. The fourth-order valence-electron chi connectivity index (χ4n) is 4.15. The van der Waals surface area contributed by atoms with Crippen LogP contribution in [-0.4, -0.2) is 51.0 Å². The van der Waals surface area contributed by atoms with E-state index in [1.807, 2.05) is 0 Å². The van der Waals surface area contributed by atoms with Crippen molar-refractivity contribution in [2.75, 3.05) is 33.9 Å². The quantitative estimate of drug-likeness (QED) is 0.0839. The van der Waals surface area contributed by atoms with Crippen LogP contribution in [0.1, 0.15) is 136 Å². The first-order valence-electron chi connectivity index (χ1n) is 15.3. The Balaban J connectivity index is 3.55. The first-order chi connectivity index (χ1) is 17.1. The normalized spacial score (nSPS) is 14.0. The SMILES string of the molecule is CCCCC/C=C\C/C=C\CCCCCCCCOC[C@H](COC(C)CCCCCCC)N(C)C. The van der Waals surface area contributed by atoms with Gasteiger partial charge in [0, 0.05) is 6.61 Å². The number of nitrogens with zero attached hydrogens (tertiary/aromatic N) is 1. The van der Waals surface area contributed by atoms with Crippen molar-refractivity contribution in [3.8, 4) is 0 Å². The summed E-state index contributed by atoms with van der Waals surface area (Å²) in [6, 6.07) is 0.349. The molecule has 0 aliphatic carbocycles. The number of hydrogen-bond donors (Lipinski definition) is 0. The van der Waals surface area contributed by atoms with E-state index in [-0.39, 0.29) is 0 Å². The highest BCUT2D eigenvalue weighted by Crippen LogP contribution is 2.11. The molecule has 0 aliphatic heterocycles. The smallest absolute Gasteiger partial charge is 0.0647 e. The number of likely N-dealkylation sites (N-methyl/N-ethyl adjacent to an activating group) is 1. The minimum atomic E-state index is 0.349. The van der Waals surface area contributed by atoms with Gasteiger partial charge in [0.1, 0.15) is 0 Å². The Morgan fingerprint density at radius 2 is 1.17 bits per heavy atom. The van der Waals surface area contributed by atoms with Crippen LogP contribution >= 0.6 is 0 Å². The zero-order valence-electron chi connectivity index (χ0n) is 24.6. The van der Waals surface area contributed by atoms with Gasteiger partial charge in [-0.15, -0.1) is 0 Å². The average Bonchev–Trinajstić information content (AvgIpc) is 2.84. The molecule has 0 heterocycles. The molecule has 0 radical (unpaired) electrons. The summed E-state index contributed by atoms with van der Waals surface area (Å²) in [7, 11) is 4.26. The highest BCUT2D eigenvalue weighted by Gasteiger charge is 2.14. The Morgan fingerprint density at radius 3 is 1.83 bits per heavy atom. The second-order valence-corrected chi connectivity index (χ2v) is 10.6. The molecule has 0 aliphatic rings. The lowest BCUT2D eigenvalue weighted by molar-refractivity contribution is -0.00924. The first-order valence-corrected chi connectivity index (χ1v) is 15.3. The van der Waals surface area contributed by atoms with Crippen molar-refractivity contribution < 1.29 is 9.47 Å². The molecule has 0 saturated heterocycles. The molecule has 0 bridgehead atoms. The first kappa shape index (κ1) is 34.4. The largest absolute Gasteiger partial charge is 0.380 e. The molecule has 0 aromatic carbocycles. The summed E-state index contributed by atoms with van der Waals surface area (Å²) in [5, 5.41) is 0. The van der Waals surface area contributed by atoms with Gasteiger partial charge in [0.05, 0.1) is 25.4 Å². The second-order valence-electron chi connectivity index (χ2n) is 10.6. The van der Waals surface area contributed by atoms with Crippen molar-refractivity contribution in [3.05, 3.63) is 24.3 Å². The van der Waals surface area contributed by atoms with Gasteiger partial charge in [-0.25, -0.2) is 0 Å². The lowest BCUT2D eigenvalue weighted by atomic mass is 10.1. The fourth-order valence-corrected chi connectivity index (χ4v) is 4.15. The maximum Gasteiger partial charge on any atom is 0.0647 e. The highest BCUT2D eigenvalue weighted by atomic mass is 16.5. The minimum absolute atomic E-state index is 0.349. The van der Waals surface area contributed by atoms with Crippen molar-refractivity contribution in [1.29, 1.82) is 0 Å². The molecule has 0 rings (SSSR count). The fraction of sp³-hybridized carbons (Fsp3) is 0.875. The maximum absolute atomic E-state index is 6.13. The molecule has 0 fully saturated rings. The number of hydrogen-bond acceptors (Lipinski definition) is 3. The Morgan fingerprint density at radius 1 is 0.629 bits per heavy atom. The van der Waals surface area contributed by atoms with Gasteiger partial charge in [0.15, 0.2) is 0 Å². The summed E-state index contributed by atoms with van der Waals surface area (Å²) in [5.74, 6) is 0. The van der Waals surface area contributed by atoms with Crippen molar-refractivity contribution in [1.82, 2.24) is 4.90 Å². The number of unbranched alkanes of at least 4 members (excludes halogenated alkanes) is 13. The molecular formula is C32H63NO2. The molecule has 2 atom stereocenters. The highest BCUT2D eigenvalue weighted by molar-refractivity contribution is 4.92. The van der Waals surface area contributed by atoms with E-state index in [0.717, 1.165) is 26.2 Å². The Kier molecular flexibility index (Phi) is 27.4. The zero-order valence-corrected chi connectivity index (χ0v) is 24.6. The third-order valence-corrected chi connectivity index (χ3v) is 6.82. The van der Waals surface area contributed by atoms with Gasteiger partial charge < -0.3 is 14.4 Å². The van der Waals surface area contributed by atoms with Crippen LogP contribution in [0.15, 0.2) is 24.3 Å². The third-order valence-electron chi connectivity index (χ3n) is 6.82. The molecule has 3 heteroatoms. The molecule has 3 nitrogen and oxygen atoms in total. The third kappa shape index (κ3) is 26.2. The van der Waals surface area contributed by atoms with Gasteiger partial charge >= 0.3 is 0 Å². The number of ether oxygens (including phenoxy) is 2. The molecule has 208 valence electrons. The molecular weight excluding hydrogens is 430 g/mol. The van der Waals surface area contributed by atoms with E-state index >= 15 is 0 Å². The van der Waals surface area contributed by atoms with Crippen LogP contribution in [0.2, 0.25) is 0 Å². The maximum atomic E-state index is 6.13. The Labute approximate surface area is 221 Å². The van der Waals surface area contributed by atoms with E-state index in [9.17, 15) is 0 Å². The van der Waals surface area contributed by atoms with Crippen LogP contribution in [0.5, 0.6) is 0 Å². The summed E-state index contributed by atoms with van der Waals surface area (Å²) in [5.41, 5.74) is 0. The van der Waals surface area contributed by atoms with Crippen LogP contribution in [0.4, 0.5) is 0 Å². The van der Waals surface area contributed by atoms with E-state index in [1.165, 1.54) is 109 Å². The van der Waals surface area contributed by atoms with Crippen molar-refractivity contribution in [2.24, 2.45) is 0 Å². The summed E-state index contributed by atoms with van der Waals surface area (Å²) >= 11 is 0. The van der Waals surface area contributed by atoms with Gasteiger partial charge in [0.2, 0.25) is 0 Å². The molecule has 0 spiro atoms. The predicted molar refractivity (Wildman–Crippen MR) is 156 cm³/mol. The van der Waals surface area contributed by atoms with Crippen LogP contribution in [-0.2, 0) is 9.47 Å². The van der Waals surface area contributed by atoms with E-state index in [4.69, 9.17) is 9.47 Å². The van der Waals surface area contributed by atoms with Crippen molar-refractivity contribution in [2.45, 2.75) is 148 Å². The summed E-state index contributed by atoms with van der Waals surface area (Å²) < 4.78 is 12.1. The van der Waals surface area contributed by atoms with E-state index in [1.54, 1.807) is 0 Å². The second kappa shape index (κ2) is 27.9. The van der Waals surface area contributed by atoms with Gasteiger partial charge in [0.25, 0.3) is 0 Å². The van der Waals surface area contributed by atoms with Crippen LogP contribution < -0.4 is 0 Å². The lowest BCUT2D eigenvalue weighted by Gasteiger charge is -2.26. The van der Waals surface area contributed by atoms with E-state index in [2.05, 4.69) is 64.1 Å². The number of rotatable bonds is 27. The predicted octanol–water partition coefficient (Wildman–Crippen LogP) is 9.51. The van der Waals surface area contributed by atoms with Gasteiger partial charge in [-0.3, -0.25) is 0 Å². The molecule has 0 aromatic heterocycles. The number of allylic oxidation sites excluding steroid dienone is 4. The minimum Gasteiger partial charge on any atom is -0.380 e. The molecule has 0 saturated carbocycles. The monoisotopic (exact) mass is 493 g/mol. The summed E-state index contributed by atoms with van der Waals surface area (Å²) in [6.45, 7) is 9.18. The van der Waals surface area contributed by atoms with Crippen LogP contribution in [0.3, 0.4) is 0 Å². The molecule has 1 unspecified atom stereocenters. The average molecular weight is 494 g/mol. The summed E-state index contributed by atoms with van der Waals surface area (Å²) in [4.78, 5) is 2.24. The summed E-state index contributed by atoms with van der Waals surface area (Å²) in [6.07, 6.45) is 33.0. The Hall–Kier alpha value is -0.640. The topological polar surface area (TPSA) is 21.7 Å². The zero-order chi connectivity index (χ0) is 25.8.